The highest BCUT2D eigenvalue weighted by Gasteiger charge is 1.82. The molecule has 0 spiro atoms. The van der Waals surface area contributed by atoms with Crippen LogP contribution in [0.3, 0.4) is 0 Å². The lowest BCUT2D eigenvalue weighted by Gasteiger charge is -1.72. The minimum atomic E-state index is -0.134. The lowest BCUT2D eigenvalue weighted by Crippen LogP contribution is -1.55. The van der Waals surface area contributed by atoms with Crippen LogP contribution in [0.5, 0.6) is 0 Å². The first-order valence-electron chi connectivity index (χ1n) is 0.878. The van der Waals surface area contributed by atoms with Gasteiger partial charge in [-0.2, -0.15) is 0 Å². The van der Waals surface area contributed by atoms with Gasteiger partial charge in [-0.1, -0.05) is 23.2 Å². The fourth-order valence-corrected chi connectivity index (χ4v) is 0. The molecule has 0 aromatic carbocycles. The van der Waals surface area contributed by atoms with E-state index in [0.29, 0.717) is 0 Å². The Bertz CT molecular complexity index is 50.4. The minimum absolute atomic E-state index is 0.134. The molecule has 0 aliphatic rings. The van der Waals surface area contributed by atoms with E-state index >= 15 is 0 Å². The molecule has 0 bridgehead atoms. The zero-order valence-corrected chi connectivity index (χ0v) is 3.77. The maximum absolute atomic E-state index is 6.11. The molecular formula is C3Cl2. The van der Waals surface area contributed by atoms with Gasteiger partial charge in [0.05, 0.1) is 0 Å². The van der Waals surface area contributed by atoms with Crippen molar-refractivity contribution in [3.63, 3.8) is 0 Å². The van der Waals surface area contributed by atoms with Crippen molar-refractivity contribution in [2.24, 2.45) is 0 Å². The van der Waals surface area contributed by atoms with Crippen molar-refractivity contribution in [3.05, 3.63) is 11.3 Å². The second kappa shape index (κ2) is 2.26. The highest BCUT2D eigenvalue weighted by atomic mass is 35.5. The van der Waals surface area contributed by atoms with Crippen molar-refractivity contribution in [3.8, 4) is 5.92 Å². The average Bonchev–Trinajstić information content (AvgIpc) is 1.38. The molecule has 0 fully saturated rings. The zero-order valence-electron chi connectivity index (χ0n) is 2.26. The van der Waals surface area contributed by atoms with Crippen LogP contribution in [-0.2, 0) is 0 Å². The Hall–Kier alpha value is 0.01000. The van der Waals surface area contributed by atoms with E-state index in [9.17, 15) is 0 Å². The van der Waals surface area contributed by atoms with Gasteiger partial charge in [-0.05, 0) is 12.3 Å². The number of hydrogen-bond acceptors (Lipinski definition) is 0. The van der Waals surface area contributed by atoms with Gasteiger partial charge in [0.15, 0.2) is 4.84 Å². The predicted octanol–water partition coefficient (Wildman–Crippen LogP) is 1.54. The average molecular weight is 107 g/mol. The highest BCUT2D eigenvalue weighted by Crippen LogP contribution is 2.07. The number of halogens is 2. The molecule has 5 heavy (non-hydrogen) atoms. The molecule has 0 nitrogen and oxygen atoms in total. The van der Waals surface area contributed by atoms with Gasteiger partial charge in [-0.25, -0.2) is 0 Å². The fourth-order valence-electron chi connectivity index (χ4n) is 0. The Balaban J connectivity index is 2.94. The Morgan fingerprint density at radius 2 is 1.80 bits per heavy atom. The summed E-state index contributed by atoms with van der Waals surface area (Å²) < 4.78 is 0. The SMILES string of the molecule is [C-]#C[C+](Cl)Cl. The summed E-state index contributed by atoms with van der Waals surface area (Å²) in [6.07, 6.45) is 6.11. The van der Waals surface area contributed by atoms with E-state index in [0.717, 1.165) is 0 Å². The molecule has 0 saturated heterocycles. The van der Waals surface area contributed by atoms with Gasteiger partial charge in [-0.15, -0.1) is 0 Å². The van der Waals surface area contributed by atoms with Crippen LogP contribution in [0.4, 0.5) is 0 Å². The van der Waals surface area contributed by atoms with E-state index in [2.05, 4.69) is 0 Å². The van der Waals surface area contributed by atoms with Gasteiger partial charge in [0.2, 0.25) is 0 Å². The van der Waals surface area contributed by atoms with Gasteiger partial charge in [0, 0.05) is 0 Å². The van der Waals surface area contributed by atoms with Crippen LogP contribution in [0.2, 0.25) is 0 Å². The summed E-state index contributed by atoms with van der Waals surface area (Å²) >= 11 is 9.69. The van der Waals surface area contributed by atoms with Crippen LogP contribution in [0, 0.1) is 17.2 Å². The summed E-state index contributed by atoms with van der Waals surface area (Å²) in [5.74, 6) is 1.73. The van der Waals surface area contributed by atoms with Crippen molar-refractivity contribution >= 4 is 23.2 Å². The number of hydrogen-bond donors (Lipinski definition) is 0. The fraction of sp³-hybridized carbons (Fsp3) is 0. The Labute approximate surface area is 41.1 Å². The molecular weight excluding hydrogens is 107 g/mol. The Morgan fingerprint density at radius 1 is 1.60 bits per heavy atom. The van der Waals surface area contributed by atoms with Crippen molar-refractivity contribution in [2.45, 2.75) is 0 Å². The topological polar surface area (TPSA) is 0 Å². The molecule has 0 aromatic heterocycles. The smallest absolute Gasteiger partial charge is 0.0608 e. The molecule has 0 rings (SSSR count). The summed E-state index contributed by atoms with van der Waals surface area (Å²) in [7, 11) is 0. The van der Waals surface area contributed by atoms with Gasteiger partial charge in [0.25, 0.3) is 0 Å². The van der Waals surface area contributed by atoms with E-state index in [1.165, 1.54) is 0 Å². The van der Waals surface area contributed by atoms with Crippen LogP contribution < -0.4 is 0 Å². The van der Waals surface area contributed by atoms with E-state index in [1.807, 2.05) is 0 Å². The second-order valence-electron chi connectivity index (χ2n) is 0.385. The predicted molar refractivity (Wildman–Crippen MR) is 22.1 cm³/mol. The van der Waals surface area contributed by atoms with Crippen molar-refractivity contribution in [1.29, 1.82) is 0 Å². The van der Waals surface area contributed by atoms with Gasteiger partial charge < -0.3 is 0 Å². The monoisotopic (exact) mass is 106 g/mol. The lowest BCUT2D eigenvalue weighted by atomic mass is 10.8. The molecule has 0 atom stereocenters. The van der Waals surface area contributed by atoms with Gasteiger partial charge in [0.1, 0.15) is 0 Å². The maximum atomic E-state index is 6.11. The Morgan fingerprint density at radius 3 is 1.80 bits per heavy atom. The third kappa shape index (κ3) is 4.01. The number of rotatable bonds is 0. The molecule has 0 N–H and O–H groups in total. The third-order valence-corrected chi connectivity index (χ3v) is 0.283. The molecule has 0 unspecified atom stereocenters. The first-order chi connectivity index (χ1) is 2.27. The summed E-state index contributed by atoms with van der Waals surface area (Å²) in [6, 6.07) is 0. The summed E-state index contributed by atoms with van der Waals surface area (Å²) in [6.45, 7) is 0. The molecule has 0 radical (unpaired) electrons. The van der Waals surface area contributed by atoms with Crippen LogP contribution >= 0.6 is 23.2 Å². The summed E-state index contributed by atoms with van der Waals surface area (Å²) in [5.41, 5.74) is 0. The molecule has 0 heterocycles. The first kappa shape index (κ1) is 5.01. The van der Waals surface area contributed by atoms with Crippen LogP contribution in [-0.4, -0.2) is 0 Å². The Kier molecular flexibility index (Phi) is 2.26. The molecule has 26 valence electrons. The maximum Gasteiger partial charge on any atom is 0.157 e. The lowest BCUT2D eigenvalue weighted by molar-refractivity contribution is 2.07. The quantitative estimate of drug-likeness (QED) is 0.325. The molecule has 0 aromatic rings. The van der Waals surface area contributed by atoms with E-state index in [1.54, 1.807) is 5.92 Å². The van der Waals surface area contributed by atoms with Gasteiger partial charge in [-0.3, -0.25) is 0 Å². The highest BCUT2D eigenvalue weighted by molar-refractivity contribution is 6.54. The summed E-state index contributed by atoms with van der Waals surface area (Å²) in [4.78, 5) is -0.134. The largest absolute Gasteiger partial charge is 0.157 e. The standard InChI is InChI=1S/C3Cl2/c1-2-3(4)5. The van der Waals surface area contributed by atoms with E-state index in [-0.39, 0.29) is 4.84 Å². The van der Waals surface area contributed by atoms with E-state index < -0.39 is 0 Å². The zero-order chi connectivity index (χ0) is 4.28. The molecule has 2 heteroatoms. The second-order valence-corrected chi connectivity index (χ2v) is 1.33. The van der Waals surface area contributed by atoms with Crippen LogP contribution in [0.1, 0.15) is 0 Å². The van der Waals surface area contributed by atoms with Gasteiger partial charge >= 0.3 is 0 Å². The third-order valence-electron chi connectivity index (χ3n) is 0.0945. The van der Waals surface area contributed by atoms with Crippen LogP contribution in [0.25, 0.3) is 0 Å². The summed E-state index contributed by atoms with van der Waals surface area (Å²) in [5, 5.41) is 0. The minimum Gasteiger partial charge on any atom is -0.0608 e. The normalized spacial score (nSPS) is 5.80. The molecule has 0 saturated carbocycles. The first-order valence-corrected chi connectivity index (χ1v) is 1.63. The molecule has 0 aliphatic carbocycles. The van der Waals surface area contributed by atoms with Crippen molar-refractivity contribution in [1.82, 2.24) is 0 Å². The molecule has 0 aliphatic heterocycles. The molecule has 0 amide bonds. The van der Waals surface area contributed by atoms with Crippen LogP contribution in [0.15, 0.2) is 0 Å². The van der Waals surface area contributed by atoms with E-state index in [4.69, 9.17) is 29.6 Å². The van der Waals surface area contributed by atoms with Crippen molar-refractivity contribution < 1.29 is 0 Å². The van der Waals surface area contributed by atoms with Crippen molar-refractivity contribution in [2.75, 3.05) is 0 Å².